The average molecular weight is 160 g/mol. The predicted octanol–water partition coefficient (Wildman–Crippen LogP) is 2.54. The van der Waals surface area contributed by atoms with E-state index in [-0.39, 0.29) is 0 Å². The molecule has 0 saturated heterocycles. The van der Waals surface area contributed by atoms with Gasteiger partial charge in [0.15, 0.2) is 0 Å². The van der Waals surface area contributed by atoms with Crippen LogP contribution >= 0.6 is 0 Å². The van der Waals surface area contributed by atoms with Crippen LogP contribution in [0.4, 0.5) is 0 Å². The Labute approximate surface area is 72.7 Å². The van der Waals surface area contributed by atoms with Gasteiger partial charge in [0.2, 0.25) is 0 Å². The number of allylic oxidation sites excluding steroid dienone is 2. The highest BCUT2D eigenvalue weighted by Crippen LogP contribution is 2.05. The molecule has 1 heterocycles. The highest BCUT2D eigenvalue weighted by molar-refractivity contribution is 5.58. The molecule has 0 N–H and O–H groups in total. The van der Waals surface area contributed by atoms with E-state index in [9.17, 15) is 0 Å². The number of hydrogen-bond acceptors (Lipinski definition) is 2. The standard InChI is InChI=1S/C10H12N2/c1-3-5-9-10(6-4-2)12-8-7-11-9/h3-8H,1-2H3/b5-3-,6-4+. The van der Waals surface area contributed by atoms with Crippen molar-refractivity contribution in [3.63, 3.8) is 0 Å². The highest BCUT2D eigenvalue weighted by atomic mass is 14.8. The molecule has 0 amide bonds. The Hall–Kier alpha value is -1.44. The van der Waals surface area contributed by atoms with Crippen LogP contribution in [0.5, 0.6) is 0 Å². The summed E-state index contributed by atoms with van der Waals surface area (Å²) in [6.45, 7) is 3.93. The fourth-order valence-electron chi connectivity index (χ4n) is 0.932. The summed E-state index contributed by atoms with van der Waals surface area (Å²) in [5, 5.41) is 0. The van der Waals surface area contributed by atoms with Crippen molar-refractivity contribution in [2.75, 3.05) is 0 Å². The zero-order chi connectivity index (χ0) is 8.81. The van der Waals surface area contributed by atoms with E-state index in [4.69, 9.17) is 0 Å². The molecule has 2 heteroatoms. The van der Waals surface area contributed by atoms with Crippen LogP contribution in [0.2, 0.25) is 0 Å². The van der Waals surface area contributed by atoms with Crippen molar-refractivity contribution < 1.29 is 0 Å². The van der Waals surface area contributed by atoms with Crippen LogP contribution in [0.3, 0.4) is 0 Å². The SMILES string of the molecule is C/C=C\c1nccnc1/C=C/C. The molecule has 0 fully saturated rings. The maximum Gasteiger partial charge on any atom is 0.0883 e. The zero-order valence-corrected chi connectivity index (χ0v) is 7.36. The summed E-state index contributed by atoms with van der Waals surface area (Å²) in [6.07, 6.45) is 11.2. The van der Waals surface area contributed by atoms with Gasteiger partial charge in [-0.2, -0.15) is 0 Å². The third kappa shape index (κ3) is 2.02. The van der Waals surface area contributed by atoms with E-state index in [2.05, 4.69) is 9.97 Å². The minimum absolute atomic E-state index is 0.915. The first-order chi connectivity index (χ1) is 5.88. The molecule has 0 unspecified atom stereocenters. The smallest absolute Gasteiger partial charge is 0.0883 e. The van der Waals surface area contributed by atoms with Gasteiger partial charge in [-0.1, -0.05) is 12.2 Å². The van der Waals surface area contributed by atoms with Gasteiger partial charge >= 0.3 is 0 Å². The average Bonchev–Trinajstić information content (AvgIpc) is 2.09. The Morgan fingerprint density at radius 3 is 1.67 bits per heavy atom. The quantitative estimate of drug-likeness (QED) is 0.664. The van der Waals surface area contributed by atoms with Crippen molar-refractivity contribution in [3.8, 4) is 0 Å². The van der Waals surface area contributed by atoms with Gasteiger partial charge in [-0.05, 0) is 26.0 Å². The lowest BCUT2D eigenvalue weighted by molar-refractivity contribution is 1.16. The molecule has 12 heavy (non-hydrogen) atoms. The first kappa shape index (κ1) is 8.65. The van der Waals surface area contributed by atoms with Gasteiger partial charge < -0.3 is 0 Å². The second-order valence-electron chi connectivity index (χ2n) is 2.33. The molecular weight excluding hydrogens is 148 g/mol. The third-order valence-electron chi connectivity index (χ3n) is 1.41. The van der Waals surface area contributed by atoms with Crippen LogP contribution < -0.4 is 0 Å². The molecule has 0 atom stereocenters. The Morgan fingerprint density at radius 1 is 0.917 bits per heavy atom. The van der Waals surface area contributed by atoms with Crippen LogP contribution in [-0.2, 0) is 0 Å². The minimum Gasteiger partial charge on any atom is -0.253 e. The van der Waals surface area contributed by atoms with Gasteiger partial charge in [-0.25, -0.2) is 0 Å². The van der Waals surface area contributed by atoms with E-state index in [1.54, 1.807) is 12.4 Å². The van der Waals surface area contributed by atoms with Crippen LogP contribution in [0.1, 0.15) is 25.2 Å². The molecule has 62 valence electrons. The van der Waals surface area contributed by atoms with E-state index < -0.39 is 0 Å². The van der Waals surface area contributed by atoms with Gasteiger partial charge in [-0.15, -0.1) is 0 Å². The van der Waals surface area contributed by atoms with Gasteiger partial charge in [0, 0.05) is 12.4 Å². The molecular formula is C10H12N2. The molecule has 1 aromatic rings. The summed E-state index contributed by atoms with van der Waals surface area (Å²) in [6, 6.07) is 0. The Balaban J connectivity index is 3.08. The van der Waals surface area contributed by atoms with Crippen molar-refractivity contribution in [3.05, 3.63) is 35.9 Å². The zero-order valence-electron chi connectivity index (χ0n) is 7.36. The van der Waals surface area contributed by atoms with Crippen molar-refractivity contribution in [2.45, 2.75) is 13.8 Å². The molecule has 0 aromatic carbocycles. The summed E-state index contributed by atoms with van der Waals surface area (Å²) in [5.74, 6) is 0. The Kier molecular flexibility index (Phi) is 3.20. The van der Waals surface area contributed by atoms with E-state index in [0.29, 0.717) is 0 Å². The molecule has 0 radical (unpaired) electrons. The molecule has 0 aliphatic heterocycles. The maximum atomic E-state index is 4.19. The summed E-state index contributed by atoms with van der Waals surface area (Å²) >= 11 is 0. The first-order valence-electron chi connectivity index (χ1n) is 3.95. The largest absolute Gasteiger partial charge is 0.253 e. The van der Waals surface area contributed by atoms with Gasteiger partial charge in [0.1, 0.15) is 0 Å². The van der Waals surface area contributed by atoms with Gasteiger partial charge in [0.05, 0.1) is 11.4 Å². The molecule has 0 saturated carbocycles. The van der Waals surface area contributed by atoms with Crippen LogP contribution in [0.25, 0.3) is 12.2 Å². The van der Waals surface area contributed by atoms with E-state index in [1.807, 2.05) is 38.2 Å². The molecule has 0 spiro atoms. The number of rotatable bonds is 2. The molecule has 1 aromatic heterocycles. The number of nitrogens with zero attached hydrogens (tertiary/aromatic N) is 2. The van der Waals surface area contributed by atoms with Crippen LogP contribution in [-0.4, -0.2) is 9.97 Å². The van der Waals surface area contributed by atoms with Gasteiger partial charge in [-0.3, -0.25) is 9.97 Å². The summed E-state index contributed by atoms with van der Waals surface area (Å²) in [7, 11) is 0. The Morgan fingerprint density at radius 2 is 1.33 bits per heavy atom. The molecule has 0 aliphatic rings. The topological polar surface area (TPSA) is 25.8 Å². The lowest BCUT2D eigenvalue weighted by Gasteiger charge is -1.96. The second kappa shape index (κ2) is 4.44. The fourth-order valence-corrected chi connectivity index (χ4v) is 0.932. The van der Waals surface area contributed by atoms with E-state index in [1.165, 1.54) is 0 Å². The number of aromatic nitrogens is 2. The first-order valence-corrected chi connectivity index (χ1v) is 3.95. The second-order valence-corrected chi connectivity index (χ2v) is 2.33. The van der Waals surface area contributed by atoms with Crippen LogP contribution in [0, 0.1) is 0 Å². The van der Waals surface area contributed by atoms with Crippen molar-refractivity contribution in [2.24, 2.45) is 0 Å². The monoisotopic (exact) mass is 160 g/mol. The molecule has 0 bridgehead atoms. The minimum atomic E-state index is 0.915. The highest BCUT2D eigenvalue weighted by Gasteiger charge is 1.94. The molecule has 0 aliphatic carbocycles. The summed E-state index contributed by atoms with van der Waals surface area (Å²) in [5.41, 5.74) is 1.83. The maximum absolute atomic E-state index is 4.19. The fraction of sp³-hybridized carbons (Fsp3) is 0.200. The van der Waals surface area contributed by atoms with Gasteiger partial charge in [0.25, 0.3) is 0 Å². The number of hydrogen-bond donors (Lipinski definition) is 0. The van der Waals surface area contributed by atoms with Crippen LogP contribution in [0.15, 0.2) is 24.5 Å². The molecule has 1 rings (SSSR count). The lowest BCUT2D eigenvalue weighted by Crippen LogP contribution is -1.88. The Bertz CT molecular complexity index is 269. The van der Waals surface area contributed by atoms with Crippen molar-refractivity contribution >= 4 is 12.2 Å². The van der Waals surface area contributed by atoms with E-state index >= 15 is 0 Å². The normalized spacial score (nSPS) is 11.5. The molecule has 2 nitrogen and oxygen atoms in total. The van der Waals surface area contributed by atoms with Crippen molar-refractivity contribution in [1.82, 2.24) is 9.97 Å². The summed E-state index contributed by atoms with van der Waals surface area (Å²) < 4.78 is 0. The summed E-state index contributed by atoms with van der Waals surface area (Å²) in [4.78, 5) is 8.37. The van der Waals surface area contributed by atoms with E-state index in [0.717, 1.165) is 11.4 Å². The predicted molar refractivity (Wildman–Crippen MR) is 51.4 cm³/mol. The van der Waals surface area contributed by atoms with Crippen molar-refractivity contribution in [1.29, 1.82) is 0 Å². The third-order valence-corrected chi connectivity index (χ3v) is 1.41. The lowest BCUT2D eigenvalue weighted by atomic mass is 10.2.